The van der Waals surface area contributed by atoms with E-state index in [1.807, 2.05) is 72.8 Å². The molecule has 11 aromatic carbocycles. The van der Waals surface area contributed by atoms with Gasteiger partial charge in [-0.05, 0) is 173 Å². The van der Waals surface area contributed by atoms with Crippen molar-refractivity contribution in [1.29, 1.82) is 0 Å². The molecule has 0 radical (unpaired) electrons. The standard InChI is InChI=1S/C71H46N4O4/c1-71(2)59-39-46(43-19-26-47(27-20-43)74(51-33-37-57-55-11-3-7-15-63(55)76-67(57)41-51)48-28-21-44(22-29-48)69-72-61-13-5-9-17-65(61)78-69)25-35-53(59)54-36-32-50(40-60(54)71)75(52-34-38-58-56-12-4-8-16-64(56)77-68(58)42-52)49-30-23-45(24-31-49)70-73-62-14-6-10-18-66(62)79-70/h3-42H,1-2H3. The van der Waals surface area contributed by atoms with Gasteiger partial charge in [0, 0.05) is 84.3 Å². The maximum atomic E-state index is 6.47. The van der Waals surface area contributed by atoms with Crippen LogP contribution in [0, 0.1) is 0 Å². The molecule has 8 nitrogen and oxygen atoms in total. The topological polar surface area (TPSA) is 84.8 Å². The summed E-state index contributed by atoms with van der Waals surface area (Å²) in [5.41, 5.74) is 21.5. The lowest BCUT2D eigenvalue weighted by atomic mass is 9.81. The molecule has 0 saturated carbocycles. The van der Waals surface area contributed by atoms with Crippen LogP contribution in [0.2, 0.25) is 0 Å². The minimum atomic E-state index is -0.308. The fourth-order valence-electron chi connectivity index (χ4n) is 11.9. The quantitative estimate of drug-likeness (QED) is 0.141. The van der Waals surface area contributed by atoms with Gasteiger partial charge in [0.2, 0.25) is 11.8 Å². The Balaban J connectivity index is 0.743. The Labute approximate surface area is 453 Å². The summed E-state index contributed by atoms with van der Waals surface area (Å²) >= 11 is 0. The number of benzene rings is 11. The van der Waals surface area contributed by atoms with Crippen LogP contribution in [0.15, 0.2) is 260 Å². The second kappa shape index (κ2) is 17.3. The molecule has 374 valence electrons. The zero-order valence-electron chi connectivity index (χ0n) is 43.0. The normalized spacial score (nSPS) is 12.8. The summed E-state index contributed by atoms with van der Waals surface area (Å²) in [6.07, 6.45) is 0. The second-order valence-corrected chi connectivity index (χ2v) is 21.0. The molecule has 4 aromatic heterocycles. The van der Waals surface area contributed by atoms with Crippen molar-refractivity contribution in [1.82, 2.24) is 9.97 Å². The summed E-state index contributed by atoms with van der Waals surface area (Å²) in [7, 11) is 0. The highest BCUT2D eigenvalue weighted by Gasteiger charge is 2.36. The number of oxazole rings is 2. The van der Waals surface area contributed by atoms with Crippen LogP contribution in [0.1, 0.15) is 25.0 Å². The molecular weight excluding hydrogens is 973 g/mol. The van der Waals surface area contributed by atoms with Gasteiger partial charge in [-0.25, -0.2) is 9.97 Å². The van der Waals surface area contributed by atoms with Gasteiger partial charge in [-0.15, -0.1) is 0 Å². The lowest BCUT2D eigenvalue weighted by Gasteiger charge is -2.28. The van der Waals surface area contributed by atoms with Crippen LogP contribution >= 0.6 is 0 Å². The minimum Gasteiger partial charge on any atom is -0.456 e. The summed E-state index contributed by atoms with van der Waals surface area (Å²) in [4.78, 5) is 14.2. The molecule has 0 unspecified atom stereocenters. The number of hydrogen-bond acceptors (Lipinski definition) is 8. The molecule has 0 saturated heterocycles. The molecule has 0 bridgehead atoms. The lowest BCUT2D eigenvalue weighted by molar-refractivity contribution is 0.619. The zero-order chi connectivity index (χ0) is 52.3. The molecule has 0 aliphatic heterocycles. The van der Waals surface area contributed by atoms with E-state index >= 15 is 0 Å². The number of aromatic nitrogens is 2. The summed E-state index contributed by atoms with van der Waals surface area (Å²) in [6.45, 7) is 4.70. The molecule has 8 heteroatoms. The smallest absolute Gasteiger partial charge is 0.227 e. The molecule has 0 amide bonds. The largest absolute Gasteiger partial charge is 0.456 e. The maximum Gasteiger partial charge on any atom is 0.227 e. The first-order valence-corrected chi connectivity index (χ1v) is 26.6. The van der Waals surface area contributed by atoms with Crippen molar-refractivity contribution in [2.24, 2.45) is 0 Å². The van der Waals surface area contributed by atoms with Gasteiger partial charge in [-0.2, -0.15) is 0 Å². The average Bonchev–Trinajstić information content (AvgIpc) is 4.47. The number of anilines is 6. The van der Waals surface area contributed by atoms with E-state index in [0.717, 1.165) is 122 Å². The van der Waals surface area contributed by atoms with Gasteiger partial charge in [0.1, 0.15) is 33.4 Å². The van der Waals surface area contributed by atoms with E-state index in [4.69, 9.17) is 27.6 Å². The van der Waals surface area contributed by atoms with Crippen LogP contribution < -0.4 is 9.80 Å². The lowest BCUT2D eigenvalue weighted by Crippen LogP contribution is -2.16. The Morgan fingerprint density at radius 1 is 0.291 bits per heavy atom. The molecule has 1 aliphatic carbocycles. The van der Waals surface area contributed by atoms with Crippen LogP contribution in [0.5, 0.6) is 0 Å². The van der Waals surface area contributed by atoms with Crippen LogP contribution in [0.4, 0.5) is 34.1 Å². The fraction of sp³-hybridized carbons (Fsp3) is 0.0423. The maximum absolute atomic E-state index is 6.47. The molecule has 79 heavy (non-hydrogen) atoms. The van der Waals surface area contributed by atoms with Gasteiger partial charge < -0.3 is 27.5 Å². The SMILES string of the molecule is CC1(C)c2cc(-c3ccc(N(c4ccc(-c5nc6ccccc6o5)cc4)c4ccc5c(c4)oc4ccccc45)cc3)ccc2-c2ccc(N(c3ccc(-c4nc5ccccc5o4)cc3)c3ccc4c(c3)oc3ccccc34)cc21. The first kappa shape index (κ1) is 44.8. The fourth-order valence-corrected chi connectivity index (χ4v) is 11.9. The molecule has 1 aliphatic rings. The molecular formula is C71H46N4O4. The van der Waals surface area contributed by atoms with E-state index in [2.05, 4.69) is 194 Å². The first-order chi connectivity index (χ1) is 38.8. The Morgan fingerprint density at radius 3 is 1.16 bits per heavy atom. The van der Waals surface area contributed by atoms with Crippen LogP contribution in [-0.4, -0.2) is 9.97 Å². The van der Waals surface area contributed by atoms with Crippen molar-refractivity contribution in [2.75, 3.05) is 9.80 Å². The molecule has 0 spiro atoms. The van der Waals surface area contributed by atoms with E-state index < -0.39 is 0 Å². The van der Waals surface area contributed by atoms with Crippen molar-refractivity contribution in [2.45, 2.75) is 19.3 Å². The highest BCUT2D eigenvalue weighted by Crippen LogP contribution is 2.52. The number of fused-ring (bicyclic) bond motifs is 11. The minimum absolute atomic E-state index is 0.308. The van der Waals surface area contributed by atoms with Gasteiger partial charge in [0.15, 0.2) is 11.2 Å². The third-order valence-electron chi connectivity index (χ3n) is 16.0. The van der Waals surface area contributed by atoms with Crippen molar-refractivity contribution in [3.05, 3.63) is 254 Å². The molecule has 0 fully saturated rings. The predicted octanol–water partition coefficient (Wildman–Crippen LogP) is 20.0. The monoisotopic (exact) mass is 1020 g/mol. The molecule has 15 aromatic rings. The number of nitrogens with zero attached hydrogens (tertiary/aromatic N) is 4. The summed E-state index contributed by atoms with van der Waals surface area (Å²) in [6, 6.07) is 84.8. The van der Waals surface area contributed by atoms with Gasteiger partial charge in [-0.1, -0.05) is 105 Å². The van der Waals surface area contributed by atoms with E-state index in [1.165, 1.54) is 22.3 Å². The Hall–Kier alpha value is -10.4. The van der Waals surface area contributed by atoms with Crippen molar-refractivity contribution in [3.8, 4) is 45.2 Å². The third kappa shape index (κ3) is 7.29. The first-order valence-electron chi connectivity index (χ1n) is 26.6. The second-order valence-electron chi connectivity index (χ2n) is 21.0. The molecule has 16 rings (SSSR count). The number of rotatable bonds is 9. The van der Waals surface area contributed by atoms with Gasteiger partial charge >= 0.3 is 0 Å². The Kier molecular flexibility index (Phi) is 9.81. The average molecular weight is 1020 g/mol. The van der Waals surface area contributed by atoms with Crippen LogP contribution in [0.25, 0.3) is 111 Å². The third-order valence-corrected chi connectivity index (χ3v) is 16.0. The number of para-hydroxylation sites is 6. The summed E-state index contributed by atoms with van der Waals surface area (Å²) in [5.74, 6) is 1.18. The van der Waals surface area contributed by atoms with Crippen molar-refractivity contribution >= 4 is 100 Å². The summed E-state index contributed by atoms with van der Waals surface area (Å²) < 4.78 is 25.2. The van der Waals surface area contributed by atoms with Gasteiger partial charge in [0.05, 0.1) is 0 Å². The van der Waals surface area contributed by atoms with E-state index in [0.29, 0.717) is 11.8 Å². The van der Waals surface area contributed by atoms with E-state index in [1.54, 1.807) is 0 Å². The molecule has 0 atom stereocenters. The van der Waals surface area contributed by atoms with Gasteiger partial charge in [0.25, 0.3) is 0 Å². The Bertz CT molecular complexity index is 4820. The van der Waals surface area contributed by atoms with Gasteiger partial charge in [-0.3, -0.25) is 0 Å². The predicted molar refractivity (Wildman–Crippen MR) is 319 cm³/mol. The van der Waals surface area contributed by atoms with E-state index in [-0.39, 0.29) is 5.41 Å². The van der Waals surface area contributed by atoms with E-state index in [9.17, 15) is 0 Å². The Morgan fingerprint density at radius 2 is 0.658 bits per heavy atom. The highest BCUT2D eigenvalue weighted by molar-refractivity contribution is 6.07. The number of furan rings is 2. The van der Waals surface area contributed by atoms with Crippen molar-refractivity contribution < 1.29 is 17.7 Å². The van der Waals surface area contributed by atoms with Crippen molar-refractivity contribution in [3.63, 3.8) is 0 Å². The molecule has 4 heterocycles. The molecule has 0 N–H and O–H groups in total. The number of hydrogen-bond donors (Lipinski definition) is 0. The van der Waals surface area contributed by atoms with Crippen LogP contribution in [0.3, 0.4) is 0 Å². The highest BCUT2D eigenvalue weighted by atomic mass is 16.4. The summed E-state index contributed by atoms with van der Waals surface area (Å²) in [5, 5.41) is 4.37. The zero-order valence-corrected chi connectivity index (χ0v) is 43.0. The van der Waals surface area contributed by atoms with Crippen LogP contribution in [-0.2, 0) is 5.41 Å².